The Balaban J connectivity index is 1.78. The minimum absolute atomic E-state index is 0.132. The first-order chi connectivity index (χ1) is 17.5. The Morgan fingerprint density at radius 1 is 1.24 bits per heavy atom. The molecule has 0 radical (unpaired) electrons. The lowest BCUT2D eigenvalue weighted by atomic mass is 10.1. The van der Waals surface area contributed by atoms with Gasteiger partial charge in [0.1, 0.15) is 23.7 Å². The van der Waals surface area contributed by atoms with E-state index >= 15 is 0 Å². The highest BCUT2D eigenvalue weighted by Crippen LogP contribution is 2.40. The summed E-state index contributed by atoms with van der Waals surface area (Å²) in [7, 11) is -3.87. The molecule has 0 aliphatic rings. The molecule has 4 N–H and O–H groups in total. The lowest BCUT2D eigenvalue weighted by Crippen LogP contribution is -2.49. The van der Waals surface area contributed by atoms with Crippen LogP contribution in [0.15, 0.2) is 36.9 Å². The monoisotopic (exact) mass is 551 g/mol. The summed E-state index contributed by atoms with van der Waals surface area (Å²) in [6.45, 7) is 7.17. The van der Waals surface area contributed by atoms with Crippen molar-refractivity contribution in [3.8, 4) is 0 Å². The van der Waals surface area contributed by atoms with Gasteiger partial charge in [0.05, 0.1) is 36.2 Å². The number of ether oxygens (including phenoxy) is 2. The molecule has 0 bridgehead atoms. The van der Waals surface area contributed by atoms with E-state index in [1.165, 1.54) is 26.2 Å². The predicted molar refractivity (Wildman–Crippen MR) is 140 cm³/mol. The molecule has 1 aromatic carbocycles. The van der Waals surface area contributed by atoms with Gasteiger partial charge in [0.2, 0.25) is 0 Å². The Kier molecular flexibility index (Phi) is 9.25. The van der Waals surface area contributed by atoms with Gasteiger partial charge in [-0.2, -0.15) is 0 Å². The summed E-state index contributed by atoms with van der Waals surface area (Å²) in [6.07, 6.45) is 2.61. The van der Waals surface area contributed by atoms with Gasteiger partial charge in [-0.05, 0) is 39.3 Å². The number of fused-ring (bicyclic) bond motifs is 1. The number of hydrogen-bond donors (Lipinski definition) is 3. The fraction of sp³-hybridized carbons (Fsp3) is 0.435. The van der Waals surface area contributed by atoms with Gasteiger partial charge in [0.25, 0.3) is 13.4 Å². The zero-order chi connectivity index (χ0) is 27.2. The number of rotatable bonds is 12. The van der Waals surface area contributed by atoms with Gasteiger partial charge in [-0.25, -0.2) is 20.0 Å². The molecular weight excluding hydrogens is 521 g/mol. The van der Waals surface area contributed by atoms with Crippen LogP contribution >= 0.6 is 19.0 Å². The molecular formula is C23H31ClN7O5P. The number of nitrogens with zero attached hydrogens (tertiary/aromatic N) is 4. The molecule has 0 saturated heterocycles. The number of anilines is 1. The van der Waals surface area contributed by atoms with Crippen molar-refractivity contribution in [1.82, 2.24) is 29.7 Å². The maximum atomic E-state index is 14.0. The Morgan fingerprint density at radius 3 is 2.68 bits per heavy atom. The highest BCUT2D eigenvalue weighted by molar-refractivity contribution is 7.60. The molecule has 14 heteroatoms. The molecule has 3 aromatic rings. The number of imidazole rings is 1. The van der Waals surface area contributed by atoms with Crippen LogP contribution in [-0.4, -0.2) is 56.0 Å². The van der Waals surface area contributed by atoms with Crippen molar-refractivity contribution < 1.29 is 23.6 Å². The van der Waals surface area contributed by atoms with E-state index in [4.69, 9.17) is 26.8 Å². The van der Waals surface area contributed by atoms with Crippen LogP contribution in [0.1, 0.15) is 44.5 Å². The second kappa shape index (κ2) is 12.0. The Bertz CT molecular complexity index is 1320. The lowest BCUT2D eigenvalue weighted by molar-refractivity contribution is -0.149. The molecule has 0 aliphatic heterocycles. The van der Waals surface area contributed by atoms with Gasteiger partial charge in [-0.1, -0.05) is 30.7 Å². The number of nitrogens with two attached hydrogens (primary N) is 1. The summed E-state index contributed by atoms with van der Waals surface area (Å²) in [5, 5.41) is 5.47. The molecule has 2 atom stereocenters. The second-order valence-electron chi connectivity index (χ2n) is 8.97. The zero-order valence-electron chi connectivity index (χ0n) is 21.1. The number of aromatic nitrogens is 4. The minimum atomic E-state index is -3.87. The Labute approximate surface area is 219 Å². The summed E-state index contributed by atoms with van der Waals surface area (Å²) in [5.74, 6) is -1.04. The third kappa shape index (κ3) is 7.26. The molecule has 0 saturated carbocycles. The average molecular weight is 552 g/mol. The number of nitrogens with one attached hydrogen (secondary N) is 2. The van der Waals surface area contributed by atoms with Crippen LogP contribution in [0.5, 0.6) is 0 Å². The van der Waals surface area contributed by atoms with E-state index in [0.29, 0.717) is 24.1 Å². The summed E-state index contributed by atoms with van der Waals surface area (Å²) in [5.41, 5.74) is 5.57. The molecule has 2 unspecified atom stereocenters. The van der Waals surface area contributed by atoms with E-state index in [2.05, 4.69) is 25.1 Å². The maximum Gasteiger partial charge on any atom is 0.326 e. The first-order valence-corrected chi connectivity index (χ1v) is 13.9. The lowest BCUT2D eigenvalue weighted by Gasteiger charge is -2.31. The quantitative estimate of drug-likeness (QED) is 0.224. The van der Waals surface area contributed by atoms with Gasteiger partial charge < -0.3 is 19.8 Å². The fourth-order valence-corrected chi connectivity index (χ4v) is 5.74. The van der Waals surface area contributed by atoms with Crippen LogP contribution in [0.25, 0.3) is 11.2 Å². The second-order valence-corrected chi connectivity index (χ2v) is 11.6. The van der Waals surface area contributed by atoms with Crippen molar-refractivity contribution in [2.45, 2.75) is 52.3 Å². The van der Waals surface area contributed by atoms with Crippen molar-refractivity contribution in [2.24, 2.45) is 0 Å². The average Bonchev–Trinajstić information content (AvgIpc) is 3.25. The van der Waals surface area contributed by atoms with Crippen LogP contribution in [-0.2, 0) is 25.4 Å². The number of halogens is 1. The summed E-state index contributed by atoms with van der Waals surface area (Å²) >= 11 is 6.15. The molecule has 0 aliphatic carbocycles. The number of carbonyl (C=O) groups excluding carboxylic acids is 2. The molecule has 2 aromatic heterocycles. The van der Waals surface area contributed by atoms with Crippen LogP contribution in [0.4, 0.5) is 5.82 Å². The number of carbonyl (C=O) groups is 2. The van der Waals surface area contributed by atoms with Gasteiger partial charge in [0, 0.05) is 0 Å². The highest BCUT2D eigenvalue weighted by Gasteiger charge is 2.39. The normalized spacial score (nSPS) is 14.2. The van der Waals surface area contributed by atoms with Gasteiger partial charge in [-0.15, -0.1) is 0 Å². The first kappa shape index (κ1) is 28.5. The molecule has 2 heterocycles. The molecule has 37 heavy (non-hydrogen) atoms. The first-order valence-electron chi connectivity index (χ1n) is 11.6. The fourth-order valence-electron chi connectivity index (χ4n) is 3.43. The van der Waals surface area contributed by atoms with Gasteiger partial charge >= 0.3 is 5.97 Å². The highest BCUT2D eigenvalue weighted by atomic mass is 35.5. The zero-order valence-corrected chi connectivity index (χ0v) is 22.8. The number of esters is 1. The molecule has 3 rings (SSSR count). The van der Waals surface area contributed by atoms with Crippen molar-refractivity contribution in [3.63, 3.8) is 0 Å². The third-order valence-electron chi connectivity index (χ3n) is 5.23. The molecule has 200 valence electrons. The van der Waals surface area contributed by atoms with Crippen molar-refractivity contribution in [3.05, 3.63) is 47.5 Å². The maximum absolute atomic E-state index is 14.0. The number of amides is 1. The standard InChI is InChI=1S/C23H31ClN7O5P/c1-5-10-35-22(33)23(3,4)30-37(34,29-21(32)16-8-6-7-9-17(16)24)14-36-15(2)11-31-13-28-18-19(25)26-12-27-20(18)31/h6-9,12-13,15H,5,10-11,14H2,1-4H3,(H2,25,26,27)(H2,29,30,32,34). The van der Waals surface area contributed by atoms with Crippen LogP contribution < -0.4 is 15.9 Å². The number of hydrogen-bond acceptors (Lipinski definition) is 9. The topological polar surface area (TPSA) is 163 Å². The van der Waals surface area contributed by atoms with E-state index in [9.17, 15) is 14.2 Å². The SMILES string of the molecule is CCCOC(=O)C(C)(C)NP(=O)(COC(C)Cn1cnc2c(N)ncnc21)NC(=O)c1ccccc1Cl. The molecule has 0 spiro atoms. The summed E-state index contributed by atoms with van der Waals surface area (Å²) in [4.78, 5) is 37.9. The third-order valence-corrected chi connectivity index (χ3v) is 7.56. The van der Waals surface area contributed by atoms with E-state index < -0.39 is 37.3 Å². The van der Waals surface area contributed by atoms with E-state index in [1.54, 1.807) is 36.0 Å². The van der Waals surface area contributed by atoms with Crippen LogP contribution in [0.3, 0.4) is 0 Å². The van der Waals surface area contributed by atoms with E-state index in [-0.39, 0.29) is 23.0 Å². The Hall–Kier alpha value is -3.05. The van der Waals surface area contributed by atoms with E-state index in [0.717, 1.165) is 0 Å². The minimum Gasteiger partial charge on any atom is -0.464 e. The van der Waals surface area contributed by atoms with Crippen LogP contribution in [0.2, 0.25) is 5.02 Å². The number of benzene rings is 1. The van der Waals surface area contributed by atoms with Crippen molar-refractivity contribution >= 4 is 47.9 Å². The largest absolute Gasteiger partial charge is 0.464 e. The molecule has 1 amide bonds. The predicted octanol–water partition coefficient (Wildman–Crippen LogP) is 3.37. The van der Waals surface area contributed by atoms with Crippen LogP contribution in [0, 0.1) is 0 Å². The Morgan fingerprint density at radius 2 is 1.97 bits per heavy atom. The summed E-state index contributed by atoms with van der Waals surface area (Å²) in [6, 6.07) is 6.36. The summed E-state index contributed by atoms with van der Waals surface area (Å²) < 4.78 is 26.8. The molecule has 0 fully saturated rings. The van der Waals surface area contributed by atoms with Crippen molar-refractivity contribution in [1.29, 1.82) is 0 Å². The van der Waals surface area contributed by atoms with Crippen molar-refractivity contribution in [2.75, 3.05) is 18.7 Å². The van der Waals surface area contributed by atoms with Gasteiger partial charge in [0.15, 0.2) is 11.5 Å². The smallest absolute Gasteiger partial charge is 0.326 e. The van der Waals surface area contributed by atoms with E-state index in [1.807, 2.05) is 6.92 Å². The van der Waals surface area contributed by atoms with Gasteiger partial charge in [-0.3, -0.25) is 19.2 Å². The number of nitrogen functional groups attached to an aromatic ring is 1. The molecule has 12 nitrogen and oxygen atoms in total.